The lowest BCUT2D eigenvalue weighted by Crippen LogP contribution is -2.16. The molecule has 0 aliphatic rings. The minimum Gasteiger partial charge on any atom is -0.503 e. The third kappa shape index (κ3) is 3.91. The van der Waals surface area contributed by atoms with E-state index in [1.165, 1.54) is 0 Å². The molecule has 0 aliphatic heterocycles. The molecule has 0 amide bonds. The number of nitrogens with one attached hydrogen (secondary N) is 1. The minimum atomic E-state index is -1.52. The monoisotopic (exact) mass is 365 g/mol. The number of phenols is 1. The molecule has 0 fully saturated rings. The molecule has 0 radical (unpaired) electrons. The second-order valence-corrected chi connectivity index (χ2v) is 4.43. The zero-order chi connectivity index (χ0) is 16.2. The molecule has 0 saturated carbocycles. The normalized spacial score (nSPS) is 11.0. The van der Waals surface area contributed by atoms with Gasteiger partial charge >= 0.3 is 11.9 Å². The average Bonchev–Trinajstić information content (AvgIpc) is 2.48. The van der Waals surface area contributed by atoms with E-state index in [0.29, 0.717) is 0 Å². The predicted molar refractivity (Wildman–Crippen MR) is 71.5 cm³/mol. The molecule has 0 spiro atoms. The molecule has 114 valence electrons. The van der Waals surface area contributed by atoms with Crippen LogP contribution in [-0.2, 0) is 19.1 Å². The van der Waals surface area contributed by atoms with Gasteiger partial charge in [-0.1, -0.05) is 0 Å². The van der Waals surface area contributed by atoms with Crippen molar-refractivity contribution >= 4 is 33.6 Å². The number of hydrogen-bond acceptors (Lipinski definition) is 6. The van der Waals surface area contributed by atoms with Crippen LogP contribution < -0.4 is 5.32 Å². The lowest BCUT2D eigenvalue weighted by molar-refractivity contribution is -0.138. The standard InChI is InChI=1S/C12H10BrF2NO5/c1-20-8(17)4-7(12(19)21-2)16-6-3-5(13)9(14)10(15)11(6)18/h3-4,16,18H,1-2H3/b7-4+. The van der Waals surface area contributed by atoms with Gasteiger partial charge in [-0.3, -0.25) is 0 Å². The predicted octanol–water partition coefficient (Wildman–Crippen LogP) is 2.07. The molecule has 0 aromatic heterocycles. The number of anilines is 1. The molecule has 0 saturated heterocycles. The first kappa shape index (κ1) is 16.9. The molecule has 6 nitrogen and oxygen atoms in total. The lowest BCUT2D eigenvalue weighted by atomic mass is 10.2. The topological polar surface area (TPSA) is 84.9 Å². The van der Waals surface area contributed by atoms with Crippen LogP contribution >= 0.6 is 15.9 Å². The van der Waals surface area contributed by atoms with Crippen molar-refractivity contribution in [3.8, 4) is 5.75 Å². The van der Waals surface area contributed by atoms with Gasteiger partial charge in [-0.2, -0.15) is 4.39 Å². The molecule has 0 bridgehead atoms. The van der Waals surface area contributed by atoms with Crippen molar-refractivity contribution in [2.45, 2.75) is 0 Å². The molecule has 2 N–H and O–H groups in total. The summed E-state index contributed by atoms with van der Waals surface area (Å²) in [5.74, 6) is -5.73. The fraction of sp³-hybridized carbons (Fsp3) is 0.167. The summed E-state index contributed by atoms with van der Waals surface area (Å²) in [4.78, 5) is 22.6. The maximum atomic E-state index is 13.4. The Kier molecular flexibility index (Phi) is 5.65. The number of ether oxygens (including phenoxy) is 2. The second kappa shape index (κ2) is 7.02. The van der Waals surface area contributed by atoms with Crippen LogP contribution in [0, 0.1) is 11.6 Å². The number of carbonyl (C=O) groups excluding carboxylic acids is 2. The van der Waals surface area contributed by atoms with E-state index < -0.39 is 35.0 Å². The number of esters is 2. The van der Waals surface area contributed by atoms with Crippen molar-refractivity contribution in [3.05, 3.63) is 33.9 Å². The molecule has 9 heteroatoms. The Labute approximate surface area is 126 Å². The van der Waals surface area contributed by atoms with Gasteiger partial charge in [0.2, 0.25) is 5.82 Å². The van der Waals surface area contributed by atoms with E-state index in [-0.39, 0.29) is 10.2 Å². The van der Waals surface area contributed by atoms with Crippen molar-refractivity contribution in [1.82, 2.24) is 0 Å². The van der Waals surface area contributed by atoms with Gasteiger partial charge in [0.25, 0.3) is 0 Å². The van der Waals surface area contributed by atoms with E-state index >= 15 is 0 Å². The number of halogens is 3. The first-order valence-corrected chi connectivity index (χ1v) is 6.12. The fourth-order valence-corrected chi connectivity index (χ4v) is 1.66. The fourth-order valence-electron chi connectivity index (χ4n) is 1.26. The van der Waals surface area contributed by atoms with E-state index in [4.69, 9.17) is 0 Å². The zero-order valence-electron chi connectivity index (χ0n) is 10.9. The van der Waals surface area contributed by atoms with Crippen LogP contribution in [0.25, 0.3) is 0 Å². The van der Waals surface area contributed by atoms with Crippen molar-refractivity contribution in [2.24, 2.45) is 0 Å². The van der Waals surface area contributed by atoms with E-state index in [0.717, 1.165) is 26.4 Å². The number of aromatic hydroxyl groups is 1. The zero-order valence-corrected chi connectivity index (χ0v) is 12.5. The molecule has 0 atom stereocenters. The Balaban J connectivity index is 3.25. The highest BCUT2D eigenvalue weighted by Crippen LogP contribution is 2.34. The first-order valence-electron chi connectivity index (χ1n) is 5.33. The highest BCUT2D eigenvalue weighted by molar-refractivity contribution is 9.10. The maximum Gasteiger partial charge on any atom is 0.354 e. The summed E-state index contributed by atoms with van der Waals surface area (Å²) in [5, 5.41) is 11.8. The molecule has 1 rings (SSSR count). The third-order valence-electron chi connectivity index (χ3n) is 2.27. The van der Waals surface area contributed by atoms with Crippen molar-refractivity contribution in [1.29, 1.82) is 0 Å². The molecule has 0 unspecified atom stereocenters. The molecule has 1 aromatic rings. The van der Waals surface area contributed by atoms with Crippen LogP contribution in [0.15, 0.2) is 22.3 Å². The lowest BCUT2D eigenvalue weighted by Gasteiger charge is -2.12. The van der Waals surface area contributed by atoms with Gasteiger partial charge in [0, 0.05) is 0 Å². The van der Waals surface area contributed by atoms with E-state index in [1.807, 2.05) is 0 Å². The van der Waals surface area contributed by atoms with Crippen LogP contribution in [0.3, 0.4) is 0 Å². The smallest absolute Gasteiger partial charge is 0.354 e. The van der Waals surface area contributed by atoms with Crippen LogP contribution in [0.2, 0.25) is 0 Å². The van der Waals surface area contributed by atoms with Gasteiger partial charge in [-0.25, -0.2) is 14.0 Å². The Hall–Kier alpha value is -2.16. The van der Waals surface area contributed by atoms with Gasteiger partial charge in [-0.15, -0.1) is 0 Å². The van der Waals surface area contributed by atoms with Gasteiger partial charge in [0.1, 0.15) is 5.70 Å². The molecule has 0 heterocycles. The van der Waals surface area contributed by atoms with Crippen LogP contribution in [-0.4, -0.2) is 31.3 Å². The molecular formula is C12H10BrF2NO5. The third-order valence-corrected chi connectivity index (χ3v) is 2.85. The number of phenolic OH excluding ortho intramolecular Hbond substituents is 1. The summed E-state index contributed by atoms with van der Waals surface area (Å²) in [6, 6.07) is 0.988. The number of rotatable bonds is 4. The SMILES string of the molecule is COC(=O)/C=C(/Nc1cc(Br)c(F)c(F)c1O)C(=O)OC. The summed E-state index contributed by atoms with van der Waals surface area (Å²) in [6.45, 7) is 0. The summed E-state index contributed by atoms with van der Waals surface area (Å²) in [7, 11) is 2.13. The average molecular weight is 366 g/mol. The first-order chi connectivity index (χ1) is 9.81. The van der Waals surface area contributed by atoms with E-state index in [9.17, 15) is 23.5 Å². The Morgan fingerprint density at radius 3 is 2.43 bits per heavy atom. The number of hydrogen-bond donors (Lipinski definition) is 2. The van der Waals surface area contributed by atoms with Crippen LogP contribution in [0.5, 0.6) is 5.75 Å². The Bertz CT molecular complexity index is 618. The maximum absolute atomic E-state index is 13.4. The van der Waals surface area contributed by atoms with Gasteiger partial charge in [0.15, 0.2) is 11.6 Å². The molecule has 0 aliphatic carbocycles. The summed E-state index contributed by atoms with van der Waals surface area (Å²) < 4.78 is 35.1. The number of methoxy groups -OCH3 is 2. The van der Waals surface area contributed by atoms with Gasteiger partial charge < -0.3 is 19.9 Å². The summed E-state index contributed by atoms with van der Waals surface area (Å²) in [5.41, 5.74) is -0.779. The summed E-state index contributed by atoms with van der Waals surface area (Å²) in [6.07, 6.45) is 0.737. The summed E-state index contributed by atoms with van der Waals surface area (Å²) >= 11 is 2.75. The van der Waals surface area contributed by atoms with Gasteiger partial charge in [-0.05, 0) is 22.0 Å². The largest absolute Gasteiger partial charge is 0.503 e. The number of benzene rings is 1. The molecular weight excluding hydrogens is 356 g/mol. The highest BCUT2D eigenvalue weighted by atomic mass is 79.9. The molecule has 21 heavy (non-hydrogen) atoms. The second-order valence-electron chi connectivity index (χ2n) is 3.58. The van der Waals surface area contributed by atoms with E-state index in [1.54, 1.807) is 0 Å². The van der Waals surface area contributed by atoms with Gasteiger partial charge in [0.05, 0.1) is 30.5 Å². The molecule has 1 aromatic carbocycles. The minimum absolute atomic E-state index is 0.289. The number of carbonyl (C=O) groups is 2. The van der Waals surface area contributed by atoms with Crippen LogP contribution in [0.4, 0.5) is 14.5 Å². The van der Waals surface area contributed by atoms with Crippen molar-refractivity contribution in [3.63, 3.8) is 0 Å². The van der Waals surface area contributed by atoms with Crippen LogP contribution in [0.1, 0.15) is 0 Å². The highest BCUT2D eigenvalue weighted by Gasteiger charge is 2.20. The Morgan fingerprint density at radius 1 is 1.29 bits per heavy atom. The van der Waals surface area contributed by atoms with E-state index in [2.05, 4.69) is 30.7 Å². The Morgan fingerprint density at radius 2 is 1.90 bits per heavy atom. The quantitative estimate of drug-likeness (QED) is 0.367. The van der Waals surface area contributed by atoms with Crippen molar-refractivity contribution < 1.29 is 33.0 Å². The van der Waals surface area contributed by atoms with Crippen molar-refractivity contribution in [2.75, 3.05) is 19.5 Å².